The first-order chi connectivity index (χ1) is 16.2. The van der Waals surface area contributed by atoms with E-state index < -0.39 is 0 Å². The molecule has 0 aromatic heterocycles. The Morgan fingerprint density at radius 1 is 0.879 bits per heavy atom. The third-order valence-electron chi connectivity index (χ3n) is 5.44. The molecule has 3 aromatic carbocycles. The predicted octanol–water partition coefficient (Wildman–Crippen LogP) is 6.74. The quantitative estimate of drug-likeness (QED) is 0.180. The van der Waals surface area contributed by atoms with E-state index in [0.717, 1.165) is 28.5 Å². The Morgan fingerprint density at radius 3 is 2.52 bits per heavy atom. The number of unbranched alkanes of at least 4 members (excludes halogenated alkanes) is 5. The van der Waals surface area contributed by atoms with Crippen LogP contribution >= 0.6 is 0 Å². The van der Waals surface area contributed by atoms with Crippen LogP contribution in [0.2, 0.25) is 0 Å². The smallest absolute Gasteiger partial charge is 0.271 e. The molecule has 174 valence electrons. The standard InChI is InChI=1S/C28H34N2O3/c1-3-5-6-7-8-11-19-33-26-18-17-22(20-27(26)32-4-2)21-29-30-28(31)25-16-12-14-23-13-9-10-15-24(23)25/h9-10,12-18,20-21H,3-8,11,19H2,1-2H3,(H,30,31)/b29-21+. The van der Waals surface area contributed by atoms with Crippen LogP contribution in [0.3, 0.4) is 0 Å². The van der Waals surface area contributed by atoms with Gasteiger partial charge in [0.05, 0.1) is 19.4 Å². The second-order valence-corrected chi connectivity index (χ2v) is 7.98. The summed E-state index contributed by atoms with van der Waals surface area (Å²) in [7, 11) is 0. The molecule has 0 fully saturated rings. The van der Waals surface area contributed by atoms with Crippen molar-refractivity contribution >= 4 is 22.9 Å². The Kier molecular flexibility index (Phi) is 9.77. The molecule has 0 aliphatic carbocycles. The highest BCUT2D eigenvalue weighted by atomic mass is 16.5. The van der Waals surface area contributed by atoms with Crippen molar-refractivity contribution in [1.82, 2.24) is 5.43 Å². The van der Waals surface area contributed by atoms with Crippen LogP contribution in [0.15, 0.2) is 65.8 Å². The number of nitrogens with one attached hydrogen (secondary N) is 1. The molecular weight excluding hydrogens is 412 g/mol. The molecule has 0 radical (unpaired) electrons. The third kappa shape index (κ3) is 7.35. The van der Waals surface area contributed by atoms with Crippen molar-refractivity contribution in [2.75, 3.05) is 13.2 Å². The van der Waals surface area contributed by atoms with Crippen molar-refractivity contribution in [3.05, 3.63) is 71.8 Å². The van der Waals surface area contributed by atoms with E-state index in [1.165, 1.54) is 32.1 Å². The maximum absolute atomic E-state index is 12.6. The largest absolute Gasteiger partial charge is 0.490 e. The van der Waals surface area contributed by atoms with Crippen molar-refractivity contribution < 1.29 is 14.3 Å². The first kappa shape index (κ1) is 24.3. The highest BCUT2D eigenvalue weighted by Gasteiger charge is 2.09. The monoisotopic (exact) mass is 446 g/mol. The van der Waals surface area contributed by atoms with Gasteiger partial charge in [-0.1, -0.05) is 75.4 Å². The van der Waals surface area contributed by atoms with Crippen molar-refractivity contribution in [3.8, 4) is 11.5 Å². The SMILES string of the molecule is CCCCCCCCOc1ccc(/C=N/NC(=O)c2cccc3ccccc23)cc1OCC. The Hall–Kier alpha value is -3.34. The summed E-state index contributed by atoms with van der Waals surface area (Å²) in [5.74, 6) is 1.18. The second-order valence-electron chi connectivity index (χ2n) is 7.98. The van der Waals surface area contributed by atoms with Crippen LogP contribution in [0.4, 0.5) is 0 Å². The summed E-state index contributed by atoms with van der Waals surface area (Å²) in [6.45, 7) is 5.40. The Labute approximate surface area is 196 Å². The minimum Gasteiger partial charge on any atom is -0.490 e. The first-order valence-electron chi connectivity index (χ1n) is 11.9. The lowest BCUT2D eigenvalue weighted by molar-refractivity contribution is 0.0957. The van der Waals surface area contributed by atoms with Crippen LogP contribution < -0.4 is 14.9 Å². The van der Waals surface area contributed by atoms with Gasteiger partial charge in [0.1, 0.15) is 0 Å². The summed E-state index contributed by atoms with van der Waals surface area (Å²) < 4.78 is 11.7. The molecule has 0 saturated heterocycles. The number of benzene rings is 3. The summed E-state index contributed by atoms with van der Waals surface area (Å²) in [5.41, 5.74) is 4.05. The number of hydrazone groups is 1. The fourth-order valence-electron chi connectivity index (χ4n) is 3.71. The van der Waals surface area contributed by atoms with E-state index in [1.807, 2.05) is 61.5 Å². The maximum atomic E-state index is 12.6. The molecule has 0 unspecified atom stereocenters. The number of carbonyl (C=O) groups excluding carboxylic acids is 1. The molecule has 0 spiro atoms. The molecule has 3 rings (SSSR count). The normalized spacial score (nSPS) is 11.1. The molecular formula is C28H34N2O3. The van der Waals surface area contributed by atoms with E-state index in [-0.39, 0.29) is 5.91 Å². The number of hydrogen-bond acceptors (Lipinski definition) is 4. The zero-order valence-electron chi connectivity index (χ0n) is 19.7. The number of hydrogen-bond donors (Lipinski definition) is 1. The molecule has 1 N–H and O–H groups in total. The molecule has 33 heavy (non-hydrogen) atoms. The van der Waals surface area contributed by atoms with Gasteiger partial charge in [0.2, 0.25) is 0 Å². The van der Waals surface area contributed by atoms with Crippen LogP contribution in [0.1, 0.15) is 68.3 Å². The van der Waals surface area contributed by atoms with Gasteiger partial charge in [-0.25, -0.2) is 5.43 Å². The molecule has 0 atom stereocenters. The van der Waals surface area contributed by atoms with Crippen molar-refractivity contribution in [2.45, 2.75) is 52.4 Å². The van der Waals surface area contributed by atoms with E-state index in [9.17, 15) is 4.79 Å². The third-order valence-corrected chi connectivity index (χ3v) is 5.44. The number of amides is 1. The highest BCUT2D eigenvalue weighted by Crippen LogP contribution is 2.28. The van der Waals surface area contributed by atoms with Gasteiger partial charge in [0.25, 0.3) is 5.91 Å². The molecule has 5 nitrogen and oxygen atoms in total. The van der Waals surface area contributed by atoms with Crippen molar-refractivity contribution in [1.29, 1.82) is 0 Å². The van der Waals surface area contributed by atoms with Crippen molar-refractivity contribution in [2.24, 2.45) is 5.10 Å². The fraction of sp³-hybridized carbons (Fsp3) is 0.357. The van der Waals surface area contributed by atoms with Gasteiger partial charge >= 0.3 is 0 Å². The summed E-state index contributed by atoms with van der Waals surface area (Å²) in [6.07, 6.45) is 8.96. The van der Waals surface area contributed by atoms with E-state index >= 15 is 0 Å². The van der Waals surface area contributed by atoms with Crippen molar-refractivity contribution in [3.63, 3.8) is 0 Å². The van der Waals surface area contributed by atoms with E-state index in [2.05, 4.69) is 17.5 Å². The minimum absolute atomic E-state index is 0.244. The second kappa shape index (κ2) is 13.3. The minimum atomic E-state index is -0.244. The van der Waals surface area contributed by atoms with E-state index in [0.29, 0.717) is 24.5 Å². The molecule has 0 aliphatic rings. The zero-order valence-corrected chi connectivity index (χ0v) is 19.7. The summed E-state index contributed by atoms with van der Waals surface area (Å²) >= 11 is 0. The summed E-state index contributed by atoms with van der Waals surface area (Å²) in [6, 6.07) is 19.2. The molecule has 1 amide bonds. The zero-order chi connectivity index (χ0) is 23.3. The number of nitrogens with zero attached hydrogens (tertiary/aromatic N) is 1. The van der Waals surface area contributed by atoms with E-state index in [4.69, 9.17) is 9.47 Å². The lowest BCUT2D eigenvalue weighted by Crippen LogP contribution is -2.17. The van der Waals surface area contributed by atoms with Crippen LogP contribution in [0.5, 0.6) is 11.5 Å². The van der Waals surface area contributed by atoms with Gasteiger partial charge in [0.15, 0.2) is 11.5 Å². The average Bonchev–Trinajstić information content (AvgIpc) is 2.84. The highest BCUT2D eigenvalue weighted by molar-refractivity contribution is 6.07. The number of fused-ring (bicyclic) bond motifs is 1. The van der Waals surface area contributed by atoms with Crippen LogP contribution in [0.25, 0.3) is 10.8 Å². The van der Waals surface area contributed by atoms with Gasteiger partial charge in [-0.05, 0) is 53.9 Å². The first-order valence-corrected chi connectivity index (χ1v) is 11.9. The maximum Gasteiger partial charge on any atom is 0.271 e. The summed E-state index contributed by atoms with van der Waals surface area (Å²) in [5, 5.41) is 6.07. The summed E-state index contributed by atoms with van der Waals surface area (Å²) in [4.78, 5) is 12.6. The molecule has 0 saturated carbocycles. The Balaban J connectivity index is 1.57. The molecule has 3 aromatic rings. The Bertz CT molecular complexity index is 1060. The fourth-order valence-corrected chi connectivity index (χ4v) is 3.71. The molecule has 0 bridgehead atoms. The van der Waals surface area contributed by atoms with Gasteiger partial charge < -0.3 is 9.47 Å². The average molecular weight is 447 g/mol. The lowest BCUT2D eigenvalue weighted by Gasteiger charge is -2.12. The number of carbonyl (C=O) groups is 1. The molecule has 5 heteroatoms. The number of ether oxygens (including phenoxy) is 2. The van der Waals surface area contributed by atoms with Crippen LogP contribution in [-0.4, -0.2) is 25.3 Å². The number of rotatable bonds is 13. The molecule has 0 heterocycles. The van der Waals surface area contributed by atoms with E-state index in [1.54, 1.807) is 12.3 Å². The molecule has 0 aliphatic heterocycles. The van der Waals surface area contributed by atoms with Crippen LogP contribution in [0, 0.1) is 0 Å². The predicted molar refractivity (Wildman–Crippen MR) is 135 cm³/mol. The Morgan fingerprint density at radius 2 is 1.67 bits per heavy atom. The van der Waals surface area contributed by atoms with Gasteiger partial charge in [-0.2, -0.15) is 5.10 Å². The lowest BCUT2D eigenvalue weighted by atomic mass is 10.0. The topological polar surface area (TPSA) is 59.9 Å². The van der Waals surface area contributed by atoms with Crippen LogP contribution in [-0.2, 0) is 0 Å². The van der Waals surface area contributed by atoms with Gasteiger partial charge in [-0.15, -0.1) is 0 Å². The van der Waals surface area contributed by atoms with Gasteiger partial charge in [-0.3, -0.25) is 4.79 Å². The van der Waals surface area contributed by atoms with Gasteiger partial charge in [0, 0.05) is 5.56 Å².